The summed E-state index contributed by atoms with van der Waals surface area (Å²) in [6.07, 6.45) is 8.13. The maximum absolute atomic E-state index is 12.8. The summed E-state index contributed by atoms with van der Waals surface area (Å²) in [5.41, 5.74) is 2.78. The zero-order valence-electron chi connectivity index (χ0n) is 20.2. The molecule has 2 N–H and O–H groups in total. The summed E-state index contributed by atoms with van der Waals surface area (Å²) in [6, 6.07) is 16.6. The molecule has 0 unspecified atom stereocenters. The lowest BCUT2D eigenvalue weighted by atomic mass is 9.64. The maximum Gasteiger partial charge on any atom is 0.526 e. The van der Waals surface area contributed by atoms with Gasteiger partial charge in [0.2, 0.25) is 0 Å². The molecule has 2 aliphatic rings. The maximum atomic E-state index is 12.8. The zero-order chi connectivity index (χ0) is 23.9. The number of fused-ring (bicyclic) bond motifs is 1. The van der Waals surface area contributed by atoms with Crippen molar-refractivity contribution in [3.05, 3.63) is 65.2 Å². The van der Waals surface area contributed by atoms with Gasteiger partial charge in [0, 0.05) is 24.7 Å². The Balaban J connectivity index is 1.17. The zero-order valence-corrected chi connectivity index (χ0v) is 20.2. The monoisotopic (exact) mass is 461 g/mol. The number of rotatable bonds is 10. The van der Waals surface area contributed by atoms with Gasteiger partial charge in [-0.2, -0.15) is 0 Å². The third-order valence-corrected chi connectivity index (χ3v) is 7.37. The molecular formula is C28H36BNO4. The van der Waals surface area contributed by atoms with Crippen LogP contribution in [0.15, 0.2) is 48.5 Å². The molecular weight excluding hydrogens is 425 g/mol. The van der Waals surface area contributed by atoms with Crippen LogP contribution in [0.3, 0.4) is 0 Å². The summed E-state index contributed by atoms with van der Waals surface area (Å²) < 4.78 is 5.69. The first-order valence-corrected chi connectivity index (χ1v) is 12.8. The summed E-state index contributed by atoms with van der Waals surface area (Å²) in [5, 5.41) is 14.2. The molecule has 2 aromatic carbocycles. The number of aryl methyl sites for hydroxylation is 1. The molecule has 34 heavy (non-hydrogen) atoms. The second-order valence-electron chi connectivity index (χ2n) is 10.0. The van der Waals surface area contributed by atoms with Crippen molar-refractivity contribution in [3.63, 3.8) is 0 Å². The van der Waals surface area contributed by atoms with Crippen molar-refractivity contribution >= 4 is 18.7 Å². The molecule has 1 heterocycles. The standard InChI is InChI=1S/C28H36BNO4/c1-20(31)27-11-5-10-23-18-24(29(33)34-28(23)27)19-26(32)17-22-12-14-25(15-13-22)30-16-6-9-21-7-3-2-4-8-21/h2-5,7-8,10-11,22,24-25,30,33H,6,9,12-19H2,1H3/t22?,24-,25?/m1/s1. The first-order chi connectivity index (χ1) is 16.5. The van der Waals surface area contributed by atoms with Gasteiger partial charge in [-0.3, -0.25) is 9.59 Å². The molecule has 0 radical (unpaired) electrons. The Morgan fingerprint density at radius 3 is 2.53 bits per heavy atom. The highest BCUT2D eigenvalue weighted by molar-refractivity contribution is 6.47. The van der Waals surface area contributed by atoms with Crippen LogP contribution in [0.5, 0.6) is 5.75 Å². The van der Waals surface area contributed by atoms with Crippen LogP contribution in [0.4, 0.5) is 0 Å². The van der Waals surface area contributed by atoms with Gasteiger partial charge in [-0.05, 0) is 81.5 Å². The number of carbonyl (C=O) groups is 2. The van der Waals surface area contributed by atoms with Crippen molar-refractivity contribution in [1.82, 2.24) is 5.32 Å². The number of hydrogen-bond acceptors (Lipinski definition) is 5. The fourth-order valence-corrected chi connectivity index (χ4v) is 5.45. The Morgan fingerprint density at radius 1 is 1.03 bits per heavy atom. The topological polar surface area (TPSA) is 75.6 Å². The van der Waals surface area contributed by atoms with E-state index in [1.54, 1.807) is 6.07 Å². The van der Waals surface area contributed by atoms with Crippen LogP contribution in [-0.2, 0) is 17.6 Å². The fraction of sp³-hybridized carbons (Fsp3) is 0.500. The highest BCUT2D eigenvalue weighted by atomic mass is 16.5. The van der Waals surface area contributed by atoms with Gasteiger partial charge in [0.25, 0.3) is 0 Å². The van der Waals surface area contributed by atoms with Crippen LogP contribution in [0, 0.1) is 5.92 Å². The second kappa shape index (κ2) is 11.8. The molecule has 0 amide bonds. The van der Waals surface area contributed by atoms with Gasteiger partial charge in [-0.15, -0.1) is 0 Å². The van der Waals surface area contributed by atoms with Crippen LogP contribution in [0.1, 0.15) is 73.4 Å². The van der Waals surface area contributed by atoms with Crippen molar-refractivity contribution in [1.29, 1.82) is 0 Å². The molecule has 1 atom stereocenters. The van der Waals surface area contributed by atoms with E-state index in [1.807, 2.05) is 12.1 Å². The number of para-hydroxylation sites is 1. The molecule has 180 valence electrons. The van der Waals surface area contributed by atoms with E-state index in [4.69, 9.17) is 4.65 Å². The highest BCUT2D eigenvalue weighted by Crippen LogP contribution is 2.37. The lowest BCUT2D eigenvalue weighted by Crippen LogP contribution is -2.36. The smallest absolute Gasteiger partial charge is 0.526 e. The molecule has 4 rings (SSSR count). The fourth-order valence-electron chi connectivity index (χ4n) is 5.45. The first-order valence-electron chi connectivity index (χ1n) is 12.8. The molecule has 0 spiro atoms. The van der Waals surface area contributed by atoms with Crippen LogP contribution < -0.4 is 9.97 Å². The predicted octanol–water partition coefficient (Wildman–Crippen LogP) is 4.81. The largest absolute Gasteiger partial charge is 0.535 e. The third-order valence-electron chi connectivity index (χ3n) is 7.37. The van der Waals surface area contributed by atoms with Crippen molar-refractivity contribution in [2.45, 2.75) is 76.6 Å². The van der Waals surface area contributed by atoms with Crippen molar-refractivity contribution in [3.8, 4) is 5.75 Å². The molecule has 0 aromatic heterocycles. The Kier molecular flexibility index (Phi) is 8.57. The van der Waals surface area contributed by atoms with E-state index < -0.39 is 7.12 Å². The number of ketones is 2. The van der Waals surface area contributed by atoms with Crippen LogP contribution in [0.2, 0.25) is 5.82 Å². The lowest BCUT2D eigenvalue weighted by Gasteiger charge is -2.30. The second-order valence-corrected chi connectivity index (χ2v) is 10.0. The molecule has 6 heteroatoms. The average molecular weight is 461 g/mol. The normalized spacial score (nSPS) is 22.1. The SMILES string of the molecule is CC(=O)c1cccc2c1OB(O)[C@@H](CC(=O)CC1CCC(NCCCc3ccccc3)CC1)C2. The molecule has 5 nitrogen and oxygen atoms in total. The Hall–Kier alpha value is -2.44. The molecule has 1 aliphatic heterocycles. The number of hydrogen-bond donors (Lipinski definition) is 2. The summed E-state index contributed by atoms with van der Waals surface area (Å²) in [7, 11) is -1.05. The molecule has 1 fully saturated rings. The van der Waals surface area contributed by atoms with Crippen molar-refractivity contribution < 1.29 is 19.3 Å². The van der Waals surface area contributed by atoms with Gasteiger partial charge in [-0.1, -0.05) is 42.5 Å². The number of Topliss-reactive ketones (excluding diaryl/α,β-unsaturated/α-hetero) is 2. The minimum atomic E-state index is -1.05. The number of carbonyl (C=O) groups excluding carboxylic acids is 2. The lowest BCUT2D eigenvalue weighted by molar-refractivity contribution is -0.120. The summed E-state index contributed by atoms with van der Waals surface area (Å²) in [4.78, 5) is 24.6. The minimum absolute atomic E-state index is 0.0835. The summed E-state index contributed by atoms with van der Waals surface area (Å²) in [5.74, 6) is 0.775. The quantitative estimate of drug-likeness (QED) is 0.302. The van der Waals surface area contributed by atoms with E-state index in [0.29, 0.717) is 42.5 Å². The summed E-state index contributed by atoms with van der Waals surface area (Å²) >= 11 is 0. The first kappa shape index (κ1) is 24.7. The van der Waals surface area contributed by atoms with E-state index in [0.717, 1.165) is 50.6 Å². The van der Waals surface area contributed by atoms with Gasteiger partial charge in [0.1, 0.15) is 11.5 Å². The van der Waals surface area contributed by atoms with E-state index in [9.17, 15) is 14.6 Å². The Morgan fingerprint density at radius 2 is 1.79 bits per heavy atom. The van der Waals surface area contributed by atoms with E-state index >= 15 is 0 Å². The molecule has 2 aromatic rings. The van der Waals surface area contributed by atoms with E-state index in [1.165, 1.54) is 12.5 Å². The minimum Gasteiger partial charge on any atom is -0.535 e. The van der Waals surface area contributed by atoms with Gasteiger partial charge in [0.15, 0.2) is 5.78 Å². The molecule has 1 saturated carbocycles. The van der Waals surface area contributed by atoms with Gasteiger partial charge < -0.3 is 15.0 Å². The Bertz CT molecular complexity index is 972. The molecule has 0 bridgehead atoms. The van der Waals surface area contributed by atoms with E-state index in [2.05, 4.69) is 35.6 Å². The predicted molar refractivity (Wildman–Crippen MR) is 135 cm³/mol. The van der Waals surface area contributed by atoms with Crippen molar-refractivity contribution in [2.75, 3.05) is 6.54 Å². The van der Waals surface area contributed by atoms with Crippen LogP contribution in [0.25, 0.3) is 0 Å². The van der Waals surface area contributed by atoms with Crippen molar-refractivity contribution in [2.24, 2.45) is 5.92 Å². The van der Waals surface area contributed by atoms with Gasteiger partial charge in [0.05, 0.1) is 5.56 Å². The Labute approximate surface area is 203 Å². The number of benzene rings is 2. The highest BCUT2D eigenvalue weighted by Gasteiger charge is 2.37. The third kappa shape index (κ3) is 6.58. The van der Waals surface area contributed by atoms with Crippen LogP contribution >= 0.6 is 0 Å². The number of nitrogens with one attached hydrogen (secondary N) is 1. The molecule has 1 aliphatic carbocycles. The van der Waals surface area contributed by atoms with E-state index in [-0.39, 0.29) is 17.4 Å². The van der Waals surface area contributed by atoms with Gasteiger partial charge >= 0.3 is 7.12 Å². The molecule has 0 saturated heterocycles. The van der Waals surface area contributed by atoms with Crippen LogP contribution in [-0.4, -0.2) is 36.3 Å². The summed E-state index contributed by atoms with van der Waals surface area (Å²) in [6.45, 7) is 2.53. The average Bonchev–Trinajstić information content (AvgIpc) is 2.83. The van der Waals surface area contributed by atoms with Gasteiger partial charge in [-0.25, -0.2) is 0 Å².